The van der Waals surface area contributed by atoms with E-state index in [0.29, 0.717) is 50.6 Å². The molecule has 1 aliphatic carbocycles. The van der Waals surface area contributed by atoms with Gasteiger partial charge in [-0.05, 0) is 59.4 Å². The highest BCUT2D eigenvalue weighted by Gasteiger charge is 2.30. The van der Waals surface area contributed by atoms with Crippen LogP contribution in [0, 0.1) is 0 Å². The van der Waals surface area contributed by atoms with E-state index in [1.165, 1.54) is 0 Å². The van der Waals surface area contributed by atoms with Gasteiger partial charge in [0, 0.05) is 57.9 Å². The number of methoxy groups -OCH3 is 2. The molecule has 11 nitrogen and oxygen atoms in total. The maximum atomic E-state index is 12.4. The Morgan fingerprint density at radius 1 is 0.816 bits per heavy atom. The molecule has 0 spiro atoms. The van der Waals surface area contributed by atoms with Crippen molar-refractivity contribution in [2.24, 2.45) is 5.73 Å². The SMILES string of the molecule is [2H]NC(=O)OCC1c2cc(NC(=O)COCCCOC)ccc2-c2ccc(NC(=O)COCCCOC)cc21. The molecule has 0 saturated heterocycles. The molecule has 0 bridgehead atoms. The first kappa shape index (κ1) is 27.5. The van der Waals surface area contributed by atoms with E-state index in [9.17, 15) is 14.4 Å². The molecule has 0 aromatic heterocycles. The van der Waals surface area contributed by atoms with Crippen molar-refractivity contribution < 1.29 is 39.5 Å². The number of rotatable bonds is 16. The molecule has 11 heteroatoms. The fourth-order valence-electron chi connectivity index (χ4n) is 4.19. The normalized spacial score (nSPS) is 12.3. The highest BCUT2D eigenvalue weighted by atomic mass is 16.5. The number of nitrogens with one attached hydrogen (secondary N) is 2. The third-order valence-electron chi connectivity index (χ3n) is 5.83. The number of amides is 3. The van der Waals surface area contributed by atoms with Crippen molar-refractivity contribution >= 4 is 29.3 Å². The first-order valence-electron chi connectivity index (χ1n) is 12.8. The van der Waals surface area contributed by atoms with Gasteiger partial charge < -0.3 is 40.0 Å². The lowest BCUT2D eigenvalue weighted by Crippen LogP contribution is -2.20. The monoisotopic (exact) mass is 530 g/mol. The summed E-state index contributed by atoms with van der Waals surface area (Å²) in [4.78, 5) is 36.4. The molecule has 4 N–H and O–H groups in total. The van der Waals surface area contributed by atoms with E-state index < -0.39 is 6.09 Å². The Kier molecular flexibility index (Phi) is 10.9. The lowest BCUT2D eigenvalue weighted by Gasteiger charge is -2.15. The Morgan fingerprint density at radius 3 is 1.76 bits per heavy atom. The van der Waals surface area contributed by atoms with E-state index in [1.807, 2.05) is 24.3 Å². The smallest absolute Gasteiger partial charge is 0.404 e. The second-order valence-corrected chi connectivity index (χ2v) is 8.65. The number of anilines is 2. The second-order valence-electron chi connectivity index (χ2n) is 8.65. The molecule has 2 aromatic rings. The van der Waals surface area contributed by atoms with Crippen LogP contribution in [0.1, 0.15) is 29.9 Å². The minimum absolute atomic E-state index is 0.0370. The van der Waals surface area contributed by atoms with Crippen LogP contribution in [-0.4, -0.2) is 78.4 Å². The van der Waals surface area contributed by atoms with Crippen LogP contribution in [0.3, 0.4) is 0 Å². The van der Waals surface area contributed by atoms with Gasteiger partial charge in [-0.3, -0.25) is 9.59 Å². The standard InChI is InChI=1S/C27H35N3O8/c1-34-9-3-11-36-16-25(31)29-18-5-7-20-21-8-6-19(30-26(32)17-37-12-4-10-35-2)14-23(21)24(22(20)13-18)15-38-27(28)33/h5-8,13-14,24H,3-4,9-12,15-17H2,1-2H3,(H2,28,33)(H,29,31)(H,30,32)/i/hD. The predicted octanol–water partition coefficient (Wildman–Crippen LogP) is 2.88. The zero-order valence-corrected chi connectivity index (χ0v) is 21.7. The average molecular weight is 531 g/mol. The molecule has 2 aromatic carbocycles. The summed E-state index contributed by atoms with van der Waals surface area (Å²) < 4.78 is 32.9. The number of carbonyl (C=O) groups is 3. The van der Waals surface area contributed by atoms with Gasteiger partial charge in [-0.1, -0.05) is 12.1 Å². The van der Waals surface area contributed by atoms with Gasteiger partial charge >= 0.3 is 6.09 Å². The summed E-state index contributed by atoms with van der Waals surface area (Å²) in [6.07, 6.45) is 0.506. The lowest BCUT2D eigenvalue weighted by molar-refractivity contribution is -0.121. The van der Waals surface area contributed by atoms with Gasteiger partial charge in [-0.2, -0.15) is 0 Å². The number of fused-ring (bicyclic) bond motifs is 3. The molecule has 0 saturated carbocycles. The molecule has 0 aliphatic heterocycles. The van der Waals surface area contributed by atoms with Crippen molar-refractivity contribution in [2.75, 3.05) is 71.1 Å². The first-order chi connectivity index (χ1) is 19.0. The van der Waals surface area contributed by atoms with Crippen molar-refractivity contribution in [1.82, 2.24) is 0 Å². The summed E-state index contributed by atoms with van der Waals surface area (Å²) in [5.74, 6) is -0.964. The van der Waals surface area contributed by atoms with E-state index >= 15 is 0 Å². The highest BCUT2D eigenvalue weighted by molar-refractivity contribution is 5.94. The topological polar surface area (TPSA) is 147 Å². The Morgan fingerprint density at radius 2 is 1.32 bits per heavy atom. The molecule has 0 unspecified atom stereocenters. The summed E-state index contributed by atoms with van der Waals surface area (Å²) in [7, 11) is 3.21. The number of primary amides is 1. The summed E-state index contributed by atoms with van der Waals surface area (Å²) in [6.45, 7) is 1.73. The second kappa shape index (κ2) is 15.0. The first-order valence-corrected chi connectivity index (χ1v) is 12.3. The van der Waals surface area contributed by atoms with E-state index in [0.717, 1.165) is 22.3 Å². The zero-order chi connectivity index (χ0) is 28.0. The molecule has 0 atom stereocenters. The average Bonchev–Trinajstić information content (AvgIpc) is 3.23. The summed E-state index contributed by atoms with van der Waals surface area (Å²) in [5.41, 5.74) is 6.36. The quantitative estimate of drug-likeness (QED) is 0.281. The van der Waals surface area contributed by atoms with Crippen LogP contribution in [-0.2, 0) is 33.3 Å². The van der Waals surface area contributed by atoms with Gasteiger partial charge in [-0.25, -0.2) is 4.79 Å². The van der Waals surface area contributed by atoms with Crippen LogP contribution in [0.2, 0.25) is 1.41 Å². The van der Waals surface area contributed by atoms with Crippen molar-refractivity contribution in [2.45, 2.75) is 18.8 Å². The number of benzene rings is 2. The van der Waals surface area contributed by atoms with E-state index in [1.54, 1.807) is 32.1 Å². The predicted molar refractivity (Wildman–Crippen MR) is 141 cm³/mol. The molecule has 3 rings (SSSR count). The Hall–Kier alpha value is -3.51. The van der Waals surface area contributed by atoms with Gasteiger partial charge in [0.15, 0.2) is 1.41 Å². The molecule has 1 aliphatic rings. The third kappa shape index (κ3) is 8.52. The Balaban J connectivity index is 1.71. The third-order valence-corrected chi connectivity index (χ3v) is 5.83. The van der Waals surface area contributed by atoms with Crippen LogP contribution in [0.5, 0.6) is 0 Å². The molecule has 3 amide bonds. The minimum atomic E-state index is -0.879. The van der Waals surface area contributed by atoms with Crippen molar-refractivity contribution in [3.05, 3.63) is 47.5 Å². The Labute approximate surface area is 223 Å². The van der Waals surface area contributed by atoms with Crippen LogP contribution in [0.25, 0.3) is 11.1 Å². The number of carbonyl (C=O) groups excluding carboxylic acids is 3. The van der Waals surface area contributed by atoms with Gasteiger partial charge in [0.05, 0.1) is 0 Å². The summed E-state index contributed by atoms with van der Waals surface area (Å²) in [5, 5.41) is 5.66. The van der Waals surface area contributed by atoms with Crippen molar-refractivity contribution in [3.8, 4) is 11.1 Å². The number of hydrogen-bond acceptors (Lipinski definition) is 8. The molecule has 206 valence electrons. The summed E-state index contributed by atoms with van der Waals surface area (Å²) in [6, 6.07) is 11.0. The molecule has 0 fully saturated rings. The fourth-order valence-corrected chi connectivity index (χ4v) is 4.19. The van der Waals surface area contributed by atoms with E-state index in [-0.39, 0.29) is 37.6 Å². The van der Waals surface area contributed by atoms with Gasteiger partial charge in [0.25, 0.3) is 0 Å². The molecular weight excluding hydrogens is 494 g/mol. The molecule has 38 heavy (non-hydrogen) atoms. The van der Waals surface area contributed by atoms with E-state index in [2.05, 4.69) is 10.6 Å². The van der Waals surface area contributed by atoms with Gasteiger partial charge in [-0.15, -0.1) is 0 Å². The van der Waals surface area contributed by atoms with Gasteiger partial charge in [0.2, 0.25) is 11.8 Å². The maximum Gasteiger partial charge on any atom is 0.404 e. The van der Waals surface area contributed by atoms with Crippen molar-refractivity contribution in [3.63, 3.8) is 0 Å². The van der Waals surface area contributed by atoms with Crippen LogP contribution < -0.4 is 16.4 Å². The minimum Gasteiger partial charge on any atom is -0.449 e. The number of hydrogen-bond donors (Lipinski definition) is 3. The Bertz CT molecular complexity index is 1050. The largest absolute Gasteiger partial charge is 0.449 e. The zero-order valence-electron chi connectivity index (χ0n) is 22.7. The molecular formula is C27H35N3O8. The number of nitrogens with two attached hydrogens (primary N) is 1. The van der Waals surface area contributed by atoms with Crippen molar-refractivity contribution in [1.29, 1.82) is 0 Å². The fraction of sp³-hybridized carbons (Fsp3) is 0.444. The lowest BCUT2D eigenvalue weighted by atomic mass is 9.97. The van der Waals surface area contributed by atoms with Crippen LogP contribution in [0.15, 0.2) is 36.4 Å². The molecule has 0 radical (unpaired) electrons. The van der Waals surface area contributed by atoms with Crippen LogP contribution >= 0.6 is 0 Å². The highest BCUT2D eigenvalue weighted by Crippen LogP contribution is 2.46. The van der Waals surface area contributed by atoms with Gasteiger partial charge in [0.1, 0.15) is 19.8 Å². The molecule has 0 heterocycles. The number of ether oxygens (including phenoxy) is 5. The van der Waals surface area contributed by atoms with Crippen LogP contribution in [0.4, 0.5) is 16.2 Å². The van der Waals surface area contributed by atoms with E-state index in [4.69, 9.17) is 25.1 Å². The maximum absolute atomic E-state index is 12.4. The summed E-state index contributed by atoms with van der Waals surface area (Å²) >= 11 is 0.